The Hall–Kier alpha value is -1.45. The Morgan fingerprint density at radius 1 is 1.45 bits per heavy atom. The van der Waals surface area contributed by atoms with Crippen molar-refractivity contribution in [2.45, 2.75) is 11.1 Å². The highest BCUT2D eigenvalue weighted by atomic mass is 79.9. The number of carbonyl (C=O) groups is 1. The minimum absolute atomic E-state index is 0.00828. The number of hydrogen-bond donors (Lipinski definition) is 2. The molecule has 0 aliphatic heterocycles. The Kier molecular flexibility index (Phi) is 4.11. The summed E-state index contributed by atoms with van der Waals surface area (Å²) in [6.07, 6.45) is 1.24. The predicted molar refractivity (Wildman–Crippen MR) is 78.8 cm³/mol. The van der Waals surface area contributed by atoms with Gasteiger partial charge in [0.2, 0.25) is 0 Å². The van der Waals surface area contributed by atoms with E-state index in [1.807, 2.05) is 0 Å². The lowest BCUT2D eigenvalue weighted by atomic mass is 10.2. The highest BCUT2D eigenvalue weighted by Gasteiger charge is 2.22. The molecule has 0 bridgehead atoms. The molecule has 1 aromatic carbocycles. The van der Waals surface area contributed by atoms with Crippen LogP contribution in [0, 0.1) is 6.92 Å². The maximum absolute atomic E-state index is 12.2. The molecule has 6 nitrogen and oxygen atoms in total. The van der Waals surface area contributed by atoms with Crippen molar-refractivity contribution < 1.29 is 18.3 Å². The number of sulfonamides is 1. The zero-order chi connectivity index (χ0) is 14.9. The van der Waals surface area contributed by atoms with E-state index in [1.54, 1.807) is 13.0 Å². The van der Waals surface area contributed by atoms with Crippen LogP contribution in [0.2, 0.25) is 0 Å². The molecule has 2 N–H and O–H groups in total. The number of halogens is 1. The molecule has 0 atom stereocenters. The molecule has 1 heterocycles. The van der Waals surface area contributed by atoms with Crippen molar-refractivity contribution in [3.05, 3.63) is 39.4 Å². The fraction of sp³-hybridized carbons (Fsp3) is 0.0909. The Balaban J connectivity index is 2.47. The van der Waals surface area contributed by atoms with E-state index < -0.39 is 16.0 Å². The fourth-order valence-electron chi connectivity index (χ4n) is 1.46. The van der Waals surface area contributed by atoms with Gasteiger partial charge in [0.1, 0.15) is 0 Å². The number of aryl methyl sites for hydroxylation is 1. The summed E-state index contributed by atoms with van der Waals surface area (Å²) in [6, 6.07) is 4.40. The van der Waals surface area contributed by atoms with Gasteiger partial charge in [-0.05, 0) is 35.0 Å². The van der Waals surface area contributed by atoms with Gasteiger partial charge in [-0.1, -0.05) is 6.07 Å². The normalized spacial score (nSPS) is 11.3. The first kappa shape index (κ1) is 14.9. The first-order valence-electron chi connectivity index (χ1n) is 5.28. The minimum atomic E-state index is -3.86. The molecule has 0 spiro atoms. The van der Waals surface area contributed by atoms with E-state index in [2.05, 4.69) is 25.6 Å². The van der Waals surface area contributed by atoms with Crippen LogP contribution in [0.1, 0.15) is 15.4 Å². The number of rotatable bonds is 4. The molecule has 0 aliphatic rings. The van der Waals surface area contributed by atoms with Crippen molar-refractivity contribution in [2.24, 2.45) is 0 Å². The Bertz CT molecular complexity index is 770. The molecule has 1 aromatic heterocycles. The van der Waals surface area contributed by atoms with E-state index in [-0.39, 0.29) is 15.5 Å². The highest BCUT2D eigenvalue weighted by molar-refractivity contribution is 9.10. The number of aromatic carboxylic acids is 1. The SMILES string of the molecule is Cc1ncc(S(=O)(=O)Nc2c(Br)cccc2C(=O)O)s1. The zero-order valence-electron chi connectivity index (χ0n) is 10.1. The standard InChI is InChI=1S/C11H9BrN2O4S2/c1-6-13-5-9(19-6)20(17,18)14-10-7(11(15)16)3-2-4-8(10)12/h2-5,14H,1H3,(H,15,16). The molecule has 0 radical (unpaired) electrons. The van der Waals surface area contributed by atoms with Gasteiger partial charge in [-0.2, -0.15) is 0 Å². The van der Waals surface area contributed by atoms with Gasteiger partial charge in [-0.15, -0.1) is 11.3 Å². The third-order valence-electron chi connectivity index (χ3n) is 2.35. The third kappa shape index (κ3) is 3.00. The lowest BCUT2D eigenvalue weighted by Crippen LogP contribution is -2.15. The second kappa shape index (κ2) is 5.51. The third-order valence-corrected chi connectivity index (χ3v) is 5.73. The minimum Gasteiger partial charge on any atom is -0.478 e. The molecular weight excluding hydrogens is 368 g/mol. The van der Waals surface area contributed by atoms with Gasteiger partial charge in [0.25, 0.3) is 10.0 Å². The van der Waals surface area contributed by atoms with E-state index in [4.69, 9.17) is 5.11 Å². The van der Waals surface area contributed by atoms with Crippen LogP contribution in [0.5, 0.6) is 0 Å². The first-order valence-corrected chi connectivity index (χ1v) is 8.37. The van der Waals surface area contributed by atoms with Crippen LogP contribution in [0.4, 0.5) is 5.69 Å². The van der Waals surface area contributed by atoms with Crippen LogP contribution in [0.15, 0.2) is 33.1 Å². The lowest BCUT2D eigenvalue weighted by Gasteiger charge is -2.10. The maximum atomic E-state index is 12.2. The molecule has 0 amide bonds. The number of nitrogens with one attached hydrogen (secondary N) is 1. The van der Waals surface area contributed by atoms with Crippen LogP contribution in [-0.2, 0) is 10.0 Å². The predicted octanol–water partition coefficient (Wildman–Crippen LogP) is 2.71. The van der Waals surface area contributed by atoms with Crippen LogP contribution in [0.25, 0.3) is 0 Å². The number of carboxylic acid groups (broad SMARTS) is 1. The van der Waals surface area contributed by atoms with Crippen molar-refractivity contribution in [1.82, 2.24) is 4.98 Å². The first-order chi connectivity index (χ1) is 9.31. The Morgan fingerprint density at radius 3 is 2.70 bits per heavy atom. The number of hydrogen-bond acceptors (Lipinski definition) is 5. The van der Waals surface area contributed by atoms with E-state index in [1.165, 1.54) is 18.3 Å². The molecule has 9 heteroatoms. The molecule has 0 saturated heterocycles. The summed E-state index contributed by atoms with van der Waals surface area (Å²) in [7, 11) is -3.86. The van der Waals surface area contributed by atoms with Crippen LogP contribution in [0.3, 0.4) is 0 Å². The summed E-state index contributed by atoms with van der Waals surface area (Å²) in [6.45, 7) is 1.69. The van der Waals surface area contributed by atoms with Gasteiger partial charge in [0.15, 0.2) is 4.21 Å². The summed E-state index contributed by atoms with van der Waals surface area (Å²) in [5.74, 6) is -1.22. The second-order valence-corrected chi connectivity index (χ2v) is 7.77. The maximum Gasteiger partial charge on any atom is 0.337 e. The van der Waals surface area contributed by atoms with Gasteiger partial charge < -0.3 is 5.11 Å². The van der Waals surface area contributed by atoms with Crippen molar-refractivity contribution in [1.29, 1.82) is 0 Å². The number of thiazole rings is 1. The Labute approximate surface area is 127 Å². The molecular formula is C11H9BrN2O4S2. The van der Waals surface area contributed by atoms with Crippen LogP contribution < -0.4 is 4.72 Å². The number of para-hydroxylation sites is 1. The number of aromatic nitrogens is 1. The van der Waals surface area contributed by atoms with Gasteiger partial charge >= 0.3 is 5.97 Å². The highest BCUT2D eigenvalue weighted by Crippen LogP contribution is 2.30. The Morgan fingerprint density at radius 2 is 2.15 bits per heavy atom. The van der Waals surface area contributed by atoms with Gasteiger partial charge in [0.05, 0.1) is 22.5 Å². The van der Waals surface area contributed by atoms with E-state index >= 15 is 0 Å². The molecule has 2 aromatic rings. The van der Waals surface area contributed by atoms with E-state index in [9.17, 15) is 13.2 Å². The number of benzene rings is 1. The summed E-state index contributed by atoms with van der Waals surface area (Å²) in [5, 5.41) is 9.70. The van der Waals surface area contributed by atoms with E-state index in [0.717, 1.165) is 11.3 Å². The number of carboxylic acids is 1. The summed E-state index contributed by atoms with van der Waals surface area (Å²) < 4.78 is 27.0. The monoisotopic (exact) mass is 376 g/mol. The van der Waals surface area contributed by atoms with Crippen molar-refractivity contribution in [3.8, 4) is 0 Å². The molecule has 2 rings (SSSR count). The van der Waals surface area contributed by atoms with Gasteiger partial charge in [0, 0.05) is 4.47 Å². The smallest absolute Gasteiger partial charge is 0.337 e. The summed E-state index contributed by atoms with van der Waals surface area (Å²) in [4.78, 5) is 15.0. The molecule has 20 heavy (non-hydrogen) atoms. The topological polar surface area (TPSA) is 96.4 Å². The second-order valence-electron chi connectivity index (χ2n) is 3.77. The molecule has 0 saturated carbocycles. The molecule has 106 valence electrons. The van der Waals surface area contributed by atoms with Crippen molar-refractivity contribution >= 4 is 48.9 Å². The van der Waals surface area contributed by atoms with Crippen molar-refractivity contribution in [2.75, 3.05) is 4.72 Å². The van der Waals surface area contributed by atoms with Crippen LogP contribution >= 0.6 is 27.3 Å². The quantitative estimate of drug-likeness (QED) is 0.854. The summed E-state index contributed by atoms with van der Waals surface area (Å²) >= 11 is 4.15. The summed E-state index contributed by atoms with van der Waals surface area (Å²) in [5.41, 5.74) is -0.143. The number of anilines is 1. The average Bonchev–Trinajstić information content (AvgIpc) is 2.79. The number of nitrogens with zero attached hydrogens (tertiary/aromatic N) is 1. The molecule has 0 fully saturated rings. The molecule has 0 unspecified atom stereocenters. The molecule has 0 aliphatic carbocycles. The average molecular weight is 377 g/mol. The van der Waals surface area contributed by atoms with Crippen LogP contribution in [-0.4, -0.2) is 24.5 Å². The fourth-order valence-corrected chi connectivity index (χ4v) is 4.26. The zero-order valence-corrected chi connectivity index (χ0v) is 13.3. The van der Waals surface area contributed by atoms with E-state index in [0.29, 0.717) is 9.48 Å². The van der Waals surface area contributed by atoms with Gasteiger partial charge in [-0.25, -0.2) is 18.2 Å². The largest absolute Gasteiger partial charge is 0.478 e. The lowest BCUT2D eigenvalue weighted by molar-refractivity contribution is 0.0698. The van der Waals surface area contributed by atoms with Crippen molar-refractivity contribution in [3.63, 3.8) is 0 Å². The van der Waals surface area contributed by atoms with Gasteiger partial charge in [-0.3, -0.25) is 4.72 Å².